The highest BCUT2D eigenvalue weighted by Crippen LogP contribution is 2.46. The Morgan fingerprint density at radius 3 is 2.56 bits per heavy atom. The van der Waals surface area contributed by atoms with Gasteiger partial charge in [-0.3, -0.25) is 14.6 Å². The number of allylic oxidation sites excluding steroid dienone is 1. The number of ketones is 1. The zero-order valence-electron chi connectivity index (χ0n) is 16.3. The van der Waals surface area contributed by atoms with E-state index >= 15 is 0 Å². The van der Waals surface area contributed by atoms with Crippen LogP contribution in [-0.4, -0.2) is 24.4 Å². The van der Waals surface area contributed by atoms with Crippen LogP contribution >= 0.6 is 11.6 Å². The molecule has 2 aromatic carbocycles. The molecule has 0 bridgehead atoms. The zero-order chi connectivity index (χ0) is 23.0. The summed E-state index contributed by atoms with van der Waals surface area (Å²) in [6.07, 6.45) is -0.789. The lowest BCUT2D eigenvalue weighted by molar-refractivity contribution is -0.137. The van der Waals surface area contributed by atoms with E-state index in [0.717, 1.165) is 31.1 Å². The summed E-state index contributed by atoms with van der Waals surface area (Å²) in [5.74, 6) is -1.93. The molecule has 1 fully saturated rings. The van der Waals surface area contributed by atoms with Gasteiger partial charge in [0.25, 0.3) is 5.91 Å². The molecule has 1 N–H and O–H groups in total. The van der Waals surface area contributed by atoms with E-state index in [1.807, 2.05) is 0 Å². The number of rotatable bonds is 5. The van der Waals surface area contributed by atoms with E-state index in [2.05, 4.69) is 10.3 Å². The highest BCUT2D eigenvalue weighted by atomic mass is 35.5. The number of nitrogens with one attached hydrogen (secondary N) is 1. The molecule has 1 amide bonds. The summed E-state index contributed by atoms with van der Waals surface area (Å²) in [6, 6.07) is 5.17. The summed E-state index contributed by atoms with van der Waals surface area (Å²) in [6.45, 7) is -0.0612. The molecule has 0 aromatic heterocycles. The van der Waals surface area contributed by atoms with Gasteiger partial charge in [0.2, 0.25) is 0 Å². The van der Waals surface area contributed by atoms with Gasteiger partial charge in [-0.1, -0.05) is 11.6 Å². The van der Waals surface area contributed by atoms with E-state index in [4.69, 9.17) is 16.3 Å². The third kappa shape index (κ3) is 4.83. The fourth-order valence-electron chi connectivity index (χ4n) is 3.23. The van der Waals surface area contributed by atoms with Gasteiger partial charge in [-0.15, -0.1) is 0 Å². The number of carbonyl (C=O) groups is 2. The minimum atomic E-state index is -4.79. The molecule has 0 atom stereocenters. The molecule has 2 aromatic rings. The van der Waals surface area contributed by atoms with Crippen molar-refractivity contribution in [3.05, 3.63) is 69.6 Å². The predicted molar refractivity (Wildman–Crippen MR) is 109 cm³/mol. The van der Waals surface area contributed by atoms with E-state index in [1.165, 1.54) is 18.3 Å². The van der Waals surface area contributed by atoms with Gasteiger partial charge >= 0.3 is 6.18 Å². The van der Waals surface area contributed by atoms with Gasteiger partial charge in [-0.2, -0.15) is 13.2 Å². The molecule has 1 heterocycles. The number of carbonyl (C=O) groups excluding carboxylic acids is 2. The van der Waals surface area contributed by atoms with Crippen LogP contribution in [-0.2, 0) is 11.0 Å². The molecule has 0 radical (unpaired) electrons. The number of nitrogens with zero attached hydrogens (tertiary/aromatic N) is 1. The molecule has 5 nitrogen and oxygen atoms in total. The van der Waals surface area contributed by atoms with Crippen LogP contribution < -0.4 is 10.1 Å². The molecule has 0 saturated heterocycles. The van der Waals surface area contributed by atoms with Crippen molar-refractivity contribution >= 4 is 29.5 Å². The second-order valence-corrected chi connectivity index (χ2v) is 7.78. The van der Waals surface area contributed by atoms with Crippen molar-refractivity contribution in [1.29, 1.82) is 0 Å². The molecule has 1 saturated carbocycles. The average Bonchev–Trinajstić information content (AvgIpc) is 3.54. The molecule has 4 rings (SSSR count). The van der Waals surface area contributed by atoms with Crippen molar-refractivity contribution in [3.8, 4) is 11.5 Å². The van der Waals surface area contributed by atoms with Crippen LogP contribution in [0.5, 0.6) is 11.5 Å². The second kappa shape index (κ2) is 8.38. The lowest BCUT2D eigenvalue weighted by Crippen LogP contribution is -2.27. The van der Waals surface area contributed by atoms with Gasteiger partial charge < -0.3 is 10.1 Å². The molecule has 0 unspecified atom stereocenters. The van der Waals surface area contributed by atoms with Crippen molar-refractivity contribution in [3.63, 3.8) is 0 Å². The largest absolute Gasteiger partial charge is 0.456 e. The van der Waals surface area contributed by atoms with Gasteiger partial charge in [0.15, 0.2) is 5.78 Å². The highest BCUT2D eigenvalue weighted by molar-refractivity contribution is 6.32. The lowest BCUT2D eigenvalue weighted by Gasteiger charge is -2.18. The highest BCUT2D eigenvalue weighted by Gasteiger charge is 2.36. The van der Waals surface area contributed by atoms with E-state index in [9.17, 15) is 27.2 Å². The second-order valence-electron chi connectivity index (χ2n) is 7.37. The molecular weight excluding hydrogens is 452 g/mol. The smallest absolute Gasteiger partial charge is 0.417 e. The molecular formula is C22H15ClF4N2O3. The normalized spacial score (nSPS) is 16.0. The summed E-state index contributed by atoms with van der Waals surface area (Å²) in [5, 5.41) is 1.71. The third-order valence-corrected chi connectivity index (χ3v) is 5.19. The molecule has 10 heteroatoms. The Morgan fingerprint density at radius 2 is 1.91 bits per heavy atom. The van der Waals surface area contributed by atoms with Crippen LogP contribution in [0.15, 0.2) is 47.1 Å². The van der Waals surface area contributed by atoms with Crippen molar-refractivity contribution in [1.82, 2.24) is 5.32 Å². The Bertz CT molecular complexity index is 1170. The van der Waals surface area contributed by atoms with Crippen LogP contribution in [0.25, 0.3) is 0 Å². The van der Waals surface area contributed by atoms with Crippen LogP contribution in [0, 0.1) is 5.82 Å². The minimum Gasteiger partial charge on any atom is -0.456 e. The fourth-order valence-corrected chi connectivity index (χ4v) is 3.50. The minimum absolute atomic E-state index is 0.0296. The first-order valence-corrected chi connectivity index (χ1v) is 9.93. The maximum absolute atomic E-state index is 13.7. The standard InChI is InChI=1S/C22H15ClF4N2O3/c23-18-7-16(21(31)29-13-6-14(30)10-28-9-13)20(8-17(18)22(25,26)27)32-19-4-3-12(24)5-15(19)11-1-2-11/h3-9,11H,1-2,10H2,(H,29,31). The van der Waals surface area contributed by atoms with Crippen LogP contribution in [0.2, 0.25) is 5.02 Å². The Kier molecular flexibility index (Phi) is 5.77. The van der Waals surface area contributed by atoms with E-state index in [1.54, 1.807) is 0 Å². The van der Waals surface area contributed by atoms with Gasteiger partial charge in [0.05, 0.1) is 21.8 Å². The summed E-state index contributed by atoms with van der Waals surface area (Å²) in [4.78, 5) is 28.1. The molecule has 166 valence electrons. The number of benzene rings is 2. The number of hydrogen-bond acceptors (Lipinski definition) is 4. The first kappa shape index (κ1) is 22.0. The molecule has 2 aliphatic rings. The number of alkyl halides is 3. The summed E-state index contributed by atoms with van der Waals surface area (Å²) in [5.41, 5.74) is -0.892. The van der Waals surface area contributed by atoms with Crippen LogP contribution in [0.1, 0.15) is 40.2 Å². The number of aliphatic imine (C=N–C) groups is 1. The zero-order valence-corrected chi connectivity index (χ0v) is 17.1. The topological polar surface area (TPSA) is 67.8 Å². The van der Waals surface area contributed by atoms with Crippen molar-refractivity contribution in [2.24, 2.45) is 4.99 Å². The number of amides is 1. The van der Waals surface area contributed by atoms with Gasteiger partial charge in [0, 0.05) is 17.9 Å². The Balaban J connectivity index is 1.75. The SMILES string of the molecule is O=C1C=C(NC(=O)c2cc(Cl)c(C(F)(F)F)cc2Oc2ccc(F)cc2C2CC2)C=NC1. The molecule has 32 heavy (non-hydrogen) atoms. The number of ether oxygens (including phenoxy) is 1. The number of halogens is 5. The van der Waals surface area contributed by atoms with Gasteiger partial charge in [0.1, 0.15) is 23.9 Å². The van der Waals surface area contributed by atoms with E-state index < -0.39 is 34.2 Å². The van der Waals surface area contributed by atoms with E-state index in [-0.39, 0.29) is 35.3 Å². The summed E-state index contributed by atoms with van der Waals surface area (Å²) >= 11 is 5.81. The summed E-state index contributed by atoms with van der Waals surface area (Å²) in [7, 11) is 0. The fraction of sp³-hybridized carbons (Fsp3) is 0.227. The first-order valence-electron chi connectivity index (χ1n) is 9.55. The lowest BCUT2D eigenvalue weighted by atomic mass is 10.1. The molecule has 1 aliphatic heterocycles. The maximum Gasteiger partial charge on any atom is 0.417 e. The first-order chi connectivity index (χ1) is 15.1. The van der Waals surface area contributed by atoms with Crippen molar-refractivity contribution < 1.29 is 31.9 Å². The van der Waals surface area contributed by atoms with Crippen molar-refractivity contribution in [2.75, 3.05) is 6.54 Å². The Morgan fingerprint density at radius 1 is 1.16 bits per heavy atom. The van der Waals surface area contributed by atoms with Crippen LogP contribution in [0.4, 0.5) is 17.6 Å². The van der Waals surface area contributed by atoms with Gasteiger partial charge in [-0.25, -0.2) is 4.39 Å². The predicted octanol–water partition coefficient (Wildman–Crippen LogP) is 5.43. The quantitative estimate of drug-likeness (QED) is 0.597. The van der Waals surface area contributed by atoms with Crippen LogP contribution in [0.3, 0.4) is 0 Å². The summed E-state index contributed by atoms with van der Waals surface area (Å²) < 4.78 is 59.7. The average molecular weight is 467 g/mol. The molecule has 1 aliphatic carbocycles. The number of dihydropyridines is 1. The van der Waals surface area contributed by atoms with Gasteiger partial charge in [-0.05, 0) is 49.1 Å². The molecule has 0 spiro atoms. The Labute approximate surface area is 184 Å². The monoisotopic (exact) mass is 466 g/mol. The van der Waals surface area contributed by atoms with Crippen molar-refractivity contribution in [2.45, 2.75) is 24.9 Å². The maximum atomic E-state index is 13.7. The number of hydrogen-bond donors (Lipinski definition) is 1. The van der Waals surface area contributed by atoms with E-state index in [0.29, 0.717) is 11.6 Å². The Hall–Kier alpha value is -3.20. The third-order valence-electron chi connectivity index (χ3n) is 4.88.